The Morgan fingerprint density at radius 3 is 2.94 bits per heavy atom. The number of nitrogens with two attached hydrogens (primary N) is 1. The summed E-state index contributed by atoms with van der Waals surface area (Å²) in [6, 6.07) is 8.16. The predicted octanol–water partition coefficient (Wildman–Crippen LogP) is 3.64. The zero-order valence-electron chi connectivity index (χ0n) is 10.6. The van der Waals surface area contributed by atoms with Gasteiger partial charge in [0.25, 0.3) is 0 Å². The number of aliphatic imine (C=N–C) groups is 1. The van der Waals surface area contributed by atoms with Gasteiger partial charge in [0.1, 0.15) is 11.5 Å². The standard InChI is InChI=1S/C15H17N3/c1-2-3-6-10-9-12-11-7-4-5-8-13(11)18-15(16)14(12)17-10/h4-5,7-8H,2-3,6,9H2,1H3,(H2,16,18). The largest absolute Gasteiger partial charge is 0.382 e. The molecule has 3 nitrogen and oxygen atoms in total. The van der Waals surface area contributed by atoms with Crippen LogP contribution in [0, 0.1) is 0 Å². The van der Waals surface area contributed by atoms with Crippen LogP contribution in [0.2, 0.25) is 0 Å². The molecule has 2 aromatic rings. The van der Waals surface area contributed by atoms with E-state index >= 15 is 0 Å². The van der Waals surface area contributed by atoms with Crippen LogP contribution in [0.1, 0.15) is 31.7 Å². The molecule has 0 unspecified atom stereocenters. The van der Waals surface area contributed by atoms with Crippen LogP contribution >= 0.6 is 0 Å². The molecule has 0 saturated heterocycles. The third kappa shape index (κ3) is 1.76. The number of unbranched alkanes of at least 4 members (excludes halogenated alkanes) is 1. The van der Waals surface area contributed by atoms with Crippen molar-refractivity contribution in [2.45, 2.75) is 32.6 Å². The lowest BCUT2D eigenvalue weighted by molar-refractivity contribution is 0.831. The van der Waals surface area contributed by atoms with Crippen molar-refractivity contribution in [3.63, 3.8) is 0 Å². The van der Waals surface area contributed by atoms with E-state index in [4.69, 9.17) is 5.73 Å². The summed E-state index contributed by atoms with van der Waals surface area (Å²) >= 11 is 0. The van der Waals surface area contributed by atoms with Crippen LogP contribution in [-0.2, 0) is 6.42 Å². The Morgan fingerprint density at radius 1 is 1.28 bits per heavy atom. The maximum absolute atomic E-state index is 6.01. The first kappa shape index (κ1) is 11.2. The van der Waals surface area contributed by atoms with Gasteiger partial charge < -0.3 is 5.73 Å². The molecule has 0 aliphatic carbocycles. The third-order valence-electron chi connectivity index (χ3n) is 3.47. The lowest BCUT2D eigenvalue weighted by Crippen LogP contribution is -1.98. The second-order valence-corrected chi connectivity index (χ2v) is 4.80. The molecule has 0 radical (unpaired) electrons. The Kier molecular flexibility index (Phi) is 2.74. The van der Waals surface area contributed by atoms with Crippen LogP contribution in [0.15, 0.2) is 29.3 Å². The molecule has 1 aromatic carbocycles. The van der Waals surface area contributed by atoms with E-state index in [2.05, 4.69) is 23.0 Å². The van der Waals surface area contributed by atoms with Gasteiger partial charge in [0.2, 0.25) is 0 Å². The summed E-state index contributed by atoms with van der Waals surface area (Å²) in [5, 5.41) is 1.19. The monoisotopic (exact) mass is 239 g/mol. The number of rotatable bonds is 3. The summed E-state index contributed by atoms with van der Waals surface area (Å²) in [5.74, 6) is 0.565. The molecule has 18 heavy (non-hydrogen) atoms. The molecule has 0 atom stereocenters. The van der Waals surface area contributed by atoms with Crippen LogP contribution in [0.3, 0.4) is 0 Å². The van der Waals surface area contributed by atoms with Gasteiger partial charge in [-0.1, -0.05) is 31.5 Å². The Hall–Kier alpha value is -1.90. The molecule has 0 amide bonds. The van der Waals surface area contributed by atoms with Gasteiger partial charge in [0.05, 0.1) is 5.52 Å². The second kappa shape index (κ2) is 4.41. The van der Waals surface area contributed by atoms with Crippen molar-refractivity contribution in [2.24, 2.45) is 4.99 Å². The van der Waals surface area contributed by atoms with Gasteiger partial charge in [-0.25, -0.2) is 4.98 Å². The first-order valence-corrected chi connectivity index (χ1v) is 6.53. The van der Waals surface area contributed by atoms with E-state index in [0.717, 1.165) is 24.0 Å². The molecule has 2 N–H and O–H groups in total. The van der Waals surface area contributed by atoms with E-state index in [1.165, 1.54) is 29.5 Å². The topological polar surface area (TPSA) is 51.3 Å². The summed E-state index contributed by atoms with van der Waals surface area (Å²) in [5.41, 5.74) is 10.4. The second-order valence-electron chi connectivity index (χ2n) is 4.80. The molecule has 2 heterocycles. The number of hydrogen-bond donors (Lipinski definition) is 1. The van der Waals surface area contributed by atoms with Gasteiger partial charge in [-0.3, -0.25) is 4.99 Å². The molecule has 0 fully saturated rings. The van der Waals surface area contributed by atoms with E-state index in [0.29, 0.717) is 5.82 Å². The van der Waals surface area contributed by atoms with Crippen molar-refractivity contribution in [2.75, 3.05) is 5.73 Å². The average Bonchev–Trinajstić information content (AvgIpc) is 2.81. The molecule has 1 aromatic heterocycles. The van der Waals surface area contributed by atoms with Crippen molar-refractivity contribution < 1.29 is 0 Å². The number of fused-ring (bicyclic) bond motifs is 3. The fraction of sp³-hybridized carbons (Fsp3) is 0.333. The van der Waals surface area contributed by atoms with Crippen molar-refractivity contribution in [1.29, 1.82) is 0 Å². The van der Waals surface area contributed by atoms with E-state index in [9.17, 15) is 0 Å². The summed E-state index contributed by atoms with van der Waals surface area (Å²) < 4.78 is 0. The van der Waals surface area contributed by atoms with Crippen LogP contribution in [0.5, 0.6) is 0 Å². The molecular weight excluding hydrogens is 222 g/mol. The van der Waals surface area contributed by atoms with Crippen molar-refractivity contribution in [3.8, 4) is 0 Å². The highest BCUT2D eigenvalue weighted by molar-refractivity contribution is 6.02. The maximum Gasteiger partial charge on any atom is 0.150 e. The first-order chi connectivity index (χ1) is 8.79. The molecule has 0 saturated carbocycles. The van der Waals surface area contributed by atoms with Crippen molar-refractivity contribution in [3.05, 3.63) is 29.8 Å². The summed E-state index contributed by atoms with van der Waals surface area (Å²) in [4.78, 5) is 9.10. The maximum atomic E-state index is 6.01. The number of benzene rings is 1. The van der Waals surface area contributed by atoms with Gasteiger partial charge in [0, 0.05) is 17.5 Å². The summed E-state index contributed by atoms with van der Waals surface area (Å²) in [6.45, 7) is 2.20. The Labute approximate surface area is 107 Å². The number of para-hydroxylation sites is 1. The SMILES string of the molecule is CCCCC1=Nc2c(N)nc3ccccc3c2C1. The fourth-order valence-electron chi connectivity index (χ4n) is 2.52. The number of aromatic nitrogens is 1. The minimum atomic E-state index is 0.565. The van der Waals surface area contributed by atoms with E-state index in [-0.39, 0.29) is 0 Å². The van der Waals surface area contributed by atoms with Crippen molar-refractivity contribution in [1.82, 2.24) is 4.98 Å². The smallest absolute Gasteiger partial charge is 0.150 e. The highest BCUT2D eigenvalue weighted by Crippen LogP contribution is 2.37. The Bertz CT molecular complexity index is 629. The van der Waals surface area contributed by atoms with E-state index in [1.54, 1.807) is 0 Å². The van der Waals surface area contributed by atoms with Gasteiger partial charge in [-0.15, -0.1) is 0 Å². The first-order valence-electron chi connectivity index (χ1n) is 6.53. The molecule has 1 aliphatic rings. The van der Waals surface area contributed by atoms with Crippen LogP contribution in [0.25, 0.3) is 10.9 Å². The van der Waals surface area contributed by atoms with Crippen LogP contribution in [-0.4, -0.2) is 10.7 Å². The van der Waals surface area contributed by atoms with Crippen LogP contribution < -0.4 is 5.73 Å². The predicted molar refractivity (Wildman–Crippen MR) is 76.5 cm³/mol. The van der Waals surface area contributed by atoms with Crippen LogP contribution in [0.4, 0.5) is 11.5 Å². The quantitative estimate of drug-likeness (QED) is 0.889. The van der Waals surface area contributed by atoms with E-state index in [1.807, 2.05) is 18.2 Å². The third-order valence-corrected chi connectivity index (χ3v) is 3.47. The lowest BCUT2D eigenvalue weighted by Gasteiger charge is -2.05. The highest BCUT2D eigenvalue weighted by Gasteiger charge is 2.20. The zero-order valence-corrected chi connectivity index (χ0v) is 10.6. The fourth-order valence-corrected chi connectivity index (χ4v) is 2.52. The molecule has 1 aliphatic heterocycles. The average molecular weight is 239 g/mol. The normalized spacial score (nSPS) is 13.7. The van der Waals surface area contributed by atoms with Gasteiger partial charge in [-0.2, -0.15) is 0 Å². The van der Waals surface area contributed by atoms with Gasteiger partial charge in [0.15, 0.2) is 0 Å². The van der Waals surface area contributed by atoms with Gasteiger partial charge in [-0.05, 0) is 24.5 Å². The number of nitrogen functional groups attached to an aromatic ring is 1. The number of nitrogens with zero attached hydrogens (tertiary/aromatic N) is 2. The number of pyridine rings is 1. The summed E-state index contributed by atoms with van der Waals surface area (Å²) in [6.07, 6.45) is 4.39. The molecule has 0 bridgehead atoms. The highest BCUT2D eigenvalue weighted by atomic mass is 14.9. The summed E-state index contributed by atoms with van der Waals surface area (Å²) in [7, 11) is 0. The molecule has 92 valence electrons. The Balaban J connectivity index is 2.07. The minimum Gasteiger partial charge on any atom is -0.382 e. The molecule has 0 spiro atoms. The number of anilines is 1. The number of hydrogen-bond acceptors (Lipinski definition) is 3. The van der Waals surface area contributed by atoms with Gasteiger partial charge >= 0.3 is 0 Å². The molecule has 3 rings (SSSR count). The van der Waals surface area contributed by atoms with Crippen molar-refractivity contribution >= 4 is 28.1 Å². The van der Waals surface area contributed by atoms with E-state index < -0.39 is 0 Å². The molecular formula is C15H17N3. The Morgan fingerprint density at radius 2 is 2.11 bits per heavy atom. The lowest BCUT2D eigenvalue weighted by atomic mass is 10.0. The zero-order chi connectivity index (χ0) is 12.5. The minimum absolute atomic E-state index is 0.565. The molecule has 3 heteroatoms.